The lowest BCUT2D eigenvalue weighted by molar-refractivity contribution is -0.0276. The first-order valence-electron chi connectivity index (χ1n) is 22.8. The minimum absolute atomic E-state index is 0.0642. The second-order valence-electron chi connectivity index (χ2n) is 16.5. The van der Waals surface area contributed by atoms with Crippen LogP contribution in [-0.4, -0.2) is 162 Å². The number of ether oxygens (including phenoxy) is 3. The summed E-state index contributed by atoms with van der Waals surface area (Å²) in [5.74, 6) is 0. The fourth-order valence-electron chi connectivity index (χ4n) is 6.48. The molecule has 0 aromatic carbocycles. The molecule has 1 N–H and O–H groups in total. The number of rotatable bonds is 34. The molecule has 1 aliphatic heterocycles. The minimum Gasteiger partial charge on any atom is -0.382 e. The van der Waals surface area contributed by atoms with Gasteiger partial charge < -0.3 is 61.2 Å². The van der Waals surface area contributed by atoms with E-state index < -0.39 is 25.6 Å². The van der Waals surface area contributed by atoms with Crippen LogP contribution in [0.4, 0.5) is 0 Å². The number of unbranched alkanes of at least 4 members (excludes halogenated alkanes) is 3. The smallest absolute Gasteiger partial charge is 0.259 e. The maximum Gasteiger partial charge on any atom is 0.259 e. The second-order valence-corrected chi connectivity index (χ2v) is 20.9. The van der Waals surface area contributed by atoms with Gasteiger partial charge in [0.2, 0.25) is 19.6 Å². The Bertz CT molecular complexity index is 1170. The summed E-state index contributed by atoms with van der Waals surface area (Å²) in [7, 11) is 1.95. The molecule has 1 fully saturated rings. The molecule has 1 heterocycles. The van der Waals surface area contributed by atoms with Crippen molar-refractivity contribution in [3.05, 3.63) is 34.3 Å². The van der Waals surface area contributed by atoms with Crippen LogP contribution in [0.3, 0.4) is 0 Å². The zero-order valence-electron chi connectivity index (χ0n) is 42.2. The average molecular weight is 954 g/mol. The van der Waals surface area contributed by atoms with Gasteiger partial charge in [-0.3, -0.25) is 0 Å². The second kappa shape index (κ2) is 41.4. The Morgan fingerprint density at radius 1 is 0.556 bits per heavy atom. The molecule has 16 nitrogen and oxygen atoms in total. The van der Waals surface area contributed by atoms with Crippen LogP contribution in [0, 0.1) is 19.7 Å². The van der Waals surface area contributed by atoms with Crippen molar-refractivity contribution in [2.75, 3.05) is 93.7 Å². The van der Waals surface area contributed by atoms with Crippen LogP contribution in [0.2, 0.25) is 0 Å². The first-order chi connectivity index (χ1) is 30.0. The molecule has 0 radical (unpaired) electrons. The van der Waals surface area contributed by atoms with Gasteiger partial charge in [-0.15, -0.1) is 0 Å². The molecule has 6 unspecified atom stereocenters. The average Bonchev–Trinajstić information content (AvgIpc) is 3.58. The monoisotopic (exact) mass is 954 g/mol. The molecule has 6 atom stereocenters. The maximum absolute atomic E-state index is 6.90. The molecule has 1 aliphatic rings. The largest absolute Gasteiger partial charge is 0.382 e. The quantitative estimate of drug-likeness (QED) is 0.0375. The van der Waals surface area contributed by atoms with Gasteiger partial charge >= 0.3 is 0 Å². The minimum atomic E-state index is -1.21. The van der Waals surface area contributed by atoms with E-state index in [4.69, 9.17) is 61.1 Å². The molecule has 0 saturated carbocycles. The topological polar surface area (TPSA) is 118 Å². The molecule has 19 heteroatoms. The van der Waals surface area contributed by atoms with Gasteiger partial charge in [0.15, 0.2) is 0 Å². The first-order valence-corrected chi connectivity index (χ1v) is 26.2. The SMILES string of the molecule is [C-]#[N+]CCOP(OCC1OC(C)CC1OC)N(C(C)C)C(C)C.[C-]#[N+]CCOP(OCCCCCCNC)N(C(C)C)C(C)C.[C-]#[N+]CCOP(OCCOC)N(C(C)C)C(C)C. The van der Waals surface area contributed by atoms with E-state index in [-0.39, 0.29) is 18.3 Å². The highest BCUT2D eigenvalue weighted by atomic mass is 31.2. The molecule has 0 aliphatic carbocycles. The summed E-state index contributed by atoms with van der Waals surface area (Å²) >= 11 is 0. The van der Waals surface area contributed by atoms with Gasteiger partial charge in [0, 0.05) is 56.9 Å². The van der Waals surface area contributed by atoms with Gasteiger partial charge in [0.25, 0.3) is 25.6 Å². The molecule has 0 aromatic rings. The van der Waals surface area contributed by atoms with Gasteiger partial charge in [-0.2, -0.15) is 0 Å². The van der Waals surface area contributed by atoms with Gasteiger partial charge in [-0.25, -0.2) is 33.7 Å². The van der Waals surface area contributed by atoms with Crippen molar-refractivity contribution in [1.82, 2.24) is 19.3 Å². The van der Waals surface area contributed by atoms with Crippen molar-refractivity contribution < 1.29 is 41.4 Å². The summed E-state index contributed by atoms with van der Waals surface area (Å²) in [5, 5.41) is 3.17. The number of methoxy groups -OCH3 is 2. The molecule has 0 bridgehead atoms. The lowest BCUT2D eigenvalue weighted by Crippen LogP contribution is -2.35. The molecule has 0 aromatic heterocycles. The standard InChI is InChI=1S/C16H34N3O2P.C16H31N2O4P.C12H25N2O3P/c1-15(2)19(16(3)4)22(21-14-12-18-6)20-13-10-8-7-9-11-17-5;1-12(2)18(13(3)4)23(20-9-8-17-6)21-11-16-15(19-7)10-14(5)22-16;1-11(2)14(12(3)4)18(16-8-7-13-5)17-10-9-15-6/h15-17H,7-14H2,1-5H3;12-16H,8-11H2,1-5,7H3;11-12H,7-10H2,1-4,6H3. The third kappa shape index (κ3) is 31.0. The van der Waals surface area contributed by atoms with Gasteiger partial charge in [-0.05, 0) is 116 Å². The summed E-state index contributed by atoms with van der Waals surface area (Å²) < 4.78 is 58.4. The predicted molar refractivity (Wildman–Crippen MR) is 261 cm³/mol. The third-order valence-electron chi connectivity index (χ3n) is 9.00. The Balaban J connectivity index is 0. The molecule has 1 saturated heterocycles. The maximum atomic E-state index is 6.90. The molecule has 0 spiro atoms. The van der Waals surface area contributed by atoms with Crippen LogP contribution in [0.5, 0.6) is 0 Å². The van der Waals surface area contributed by atoms with Crippen LogP contribution in [0.1, 0.15) is 122 Å². The lowest BCUT2D eigenvalue weighted by Gasteiger charge is -2.36. The molecular formula is C44H90N7O9P3. The fraction of sp³-hybridized carbons (Fsp3) is 0.932. The first kappa shape index (κ1) is 64.3. The zero-order chi connectivity index (χ0) is 48.2. The Morgan fingerprint density at radius 3 is 1.30 bits per heavy atom. The number of nitrogens with zero attached hydrogens (tertiary/aromatic N) is 6. The zero-order valence-corrected chi connectivity index (χ0v) is 44.9. The van der Waals surface area contributed by atoms with Crippen LogP contribution in [-0.2, 0) is 41.4 Å². The fourth-order valence-corrected chi connectivity index (χ4v) is 11.3. The summed E-state index contributed by atoms with van der Waals surface area (Å²) in [6, 6.07) is 2.02. The summed E-state index contributed by atoms with van der Waals surface area (Å²) in [6.45, 7) is 53.9. The molecule has 1 rings (SSSR count). The van der Waals surface area contributed by atoms with Crippen molar-refractivity contribution in [2.45, 2.75) is 177 Å². The number of hydrogen-bond acceptors (Lipinski definition) is 13. The van der Waals surface area contributed by atoms with Gasteiger partial charge in [0.05, 0.1) is 38.6 Å². The van der Waals surface area contributed by atoms with Crippen molar-refractivity contribution >= 4 is 25.6 Å². The van der Waals surface area contributed by atoms with E-state index >= 15 is 0 Å². The normalized spacial score (nSPS) is 17.9. The summed E-state index contributed by atoms with van der Waals surface area (Å²) in [5.41, 5.74) is 0. The van der Waals surface area contributed by atoms with Crippen molar-refractivity contribution in [1.29, 1.82) is 0 Å². The molecule has 0 amide bonds. The van der Waals surface area contributed by atoms with Crippen molar-refractivity contribution in [3.63, 3.8) is 0 Å². The predicted octanol–water partition coefficient (Wildman–Crippen LogP) is 10.5. The van der Waals surface area contributed by atoms with Crippen LogP contribution in [0.15, 0.2) is 0 Å². The van der Waals surface area contributed by atoms with Crippen LogP contribution >= 0.6 is 25.6 Å². The Labute approximate surface area is 389 Å². The number of nitrogens with one attached hydrogen (secondary N) is 1. The highest BCUT2D eigenvalue weighted by molar-refractivity contribution is 7.45. The van der Waals surface area contributed by atoms with Crippen molar-refractivity contribution in [2.24, 2.45) is 0 Å². The van der Waals surface area contributed by atoms with Gasteiger partial charge in [0.1, 0.15) is 25.9 Å². The highest BCUT2D eigenvalue weighted by Crippen LogP contribution is 2.48. The number of hydrogen-bond donors (Lipinski definition) is 1. The highest BCUT2D eigenvalue weighted by Gasteiger charge is 2.36. The molecule has 63 heavy (non-hydrogen) atoms. The van der Waals surface area contributed by atoms with E-state index in [1.54, 1.807) is 14.2 Å². The third-order valence-corrected chi connectivity index (χ3v) is 15.3. The molecule has 370 valence electrons. The Kier molecular flexibility index (Phi) is 42.3. The van der Waals surface area contributed by atoms with Crippen molar-refractivity contribution in [3.8, 4) is 0 Å². The molecular weight excluding hydrogens is 863 g/mol. The van der Waals surface area contributed by atoms with E-state index in [2.05, 4.69) is 124 Å². The van der Waals surface area contributed by atoms with Gasteiger partial charge in [-0.1, -0.05) is 12.8 Å². The van der Waals surface area contributed by atoms with Crippen LogP contribution < -0.4 is 5.32 Å². The van der Waals surface area contributed by atoms with E-state index in [1.165, 1.54) is 19.3 Å². The van der Waals surface area contributed by atoms with E-state index in [0.717, 1.165) is 26.0 Å². The Morgan fingerprint density at radius 2 is 0.937 bits per heavy atom. The van der Waals surface area contributed by atoms with E-state index in [9.17, 15) is 0 Å². The van der Waals surface area contributed by atoms with E-state index in [0.29, 0.717) is 95.5 Å². The van der Waals surface area contributed by atoms with E-state index in [1.807, 2.05) is 7.05 Å². The van der Waals surface area contributed by atoms with Crippen LogP contribution in [0.25, 0.3) is 14.5 Å². The lowest BCUT2D eigenvalue weighted by atomic mass is 10.1. The summed E-state index contributed by atoms with van der Waals surface area (Å²) in [4.78, 5) is 9.99. The summed E-state index contributed by atoms with van der Waals surface area (Å²) in [6.07, 6.45) is 5.79. The Hall–Kier alpha value is -0.760.